The molecule has 1 aliphatic heterocycles. The van der Waals surface area contributed by atoms with E-state index in [1.807, 2.05) is 0 Å². The molecule has 0 aromatic carbocycles. The summed E-state index contributed by atoms with van der Waals surface area (Å²) >= 11 is 0. The predicted molar refractivity (Wildman–Crippen MR) is 80.1 cm³/mol. The second-order valence-corrected chi connectivity index (χ2v) is 6.24. The molecule has 0 amide bonds. The summed E-state index contributed by atoms with van der Waals surface area (Å²) < 4.78 is 0. The van der Waals surface area contributed by atoms with Gasteiger partial charge in [0.2, 0.25) is 0 Å². The number of rotatable bonds is 8. The average molecular weight is 255 g/mol. The summed E-state index contributed by atoms with van der Waals surface area (Å²) in [4.78, 5) is 5.02. The highest BCUT2D eigenvalue weighted by Crippen LogP contribution is 2.20. The Morgan fingerprint density at radius 1 is 1.33 bits per heavy atom. The zero-order chi connectivity index (χ0) is 13.5. The van der Waals surface area contributed by atoms with Crippen molar-refractivity contribution in [2.75, 3.05) is 33.7 Å². The van der Waals surface area contributed by atoms with Gasteiger partial charge in [0.25, 0.3) is 0 Å². The fourth-order valence-corrected chi connectivity index (χ4v) is 3.08. The second kappa shape index (κ2) is 8.13. The Morgan fingerprint density at radius 2 is 2.06 bits per heavy atom. The highest BCUT2D eigenvalue weighted by atomic mass is 15.2. The lowest BCUT2D eigenvalue weighted by molar-refractivity contribution is 0.157. The number of hydrogen-bond donors (Lipinski definition) is 1. The predicted octanol–water partition coefficient (Wildman–Crippen LogP) is 2.18. The standard InChI is InChI=1S/C15H33N3/c1-6-8-13(2)16-11-14(3)18-10-7-9-15(18)12-17(4)5/h13-16H,6-12H2,1-5H3. The Balaban J connectivity index is 2.33. The monoisotopic (exact) mass is 255 g/mol. The van der Waals surface area contributed by atoms with Crippen molar-refractivity contribution in [2.24, 2.45) is 0 Å². The molecule has 3 heteroatoms. The molecule has 0 spiro atoms. The first kappa shape index (κ1) is 15.9. The van der Waals surface area contributed by atoms with Crippen LogP contribution in [0.1, 0.15) is 46.5 Å². The van der Waals surface area contributed by atoms with Gasteiger partial charge in [0.1, 0.15) is 0 Å². The molecule has 18 heavy (non-hydrogen) atoms. The van der Waals surface area contributed by atoms with Gasteiger partial charge in [-0.05, 0) is 53.8 Å². The minimum Gasteiger partial charge on any atom is -0.313 e. The van der Waals surface area contributed by atoms with E-state index < -0.39 is 0 Å². The number of likely N-dealkylation sites (tertiary alicyclic amines) is 1. The molecule has 0 saturated carbocycles. The first-order valence-corrected chi connectivity index (χ1v) is 7.68. The topological polar surface area (TPSA) is 18.5 Å². The van der Waals surface area contributed by atoms with Crippen LogP contribution in [-0.4, -0.2) is 61.7 Å². The molecule has 1 N–H and O–H groups in total. The van der Waals surface area contributed by atoms with Crippen LogP contribution in [0.2, 0.25) is 0 Å². The molecule has 0 bridgehead atoms. The molecular weight excluding hydrogens is 222 g/mol. The van der Waals surface area contributed by atoms with Gasteiger partial charge in [-0.1, -0.05) is 13.3 Å². The summed E-state index contributed by atoms with van der Waals surface area (Å²) in [6, 6.07) is 2.09. The van der Waals surface area contributed by atoms with Crippen molar-refractivity contribution in [3.05, 3.63) is 0 Å². The minimum atomic E-state index is 0.660. The van der Waals surface area contributed by atoms with Crippen molar-refractivity contribution in [3.8, 4) is 0 Å². The minimum absolute atomic E-state index is 0.660. The fraction of sp³-hybridized carbons (Fsp3) is 1.00. The average Bonchev–Trinajstić information content (AvgIpc) is 2.73. The summed E-state index contributed by atoms with van der Waals surface area (Å²) in [7, 11) is 4.37. The van der Waals surface area contributed by atoms with E-state index in [2.05, 4.69) is 50.0 Å². The molecule has 0 radical (unpaired) electrons. The largest absolute Gasteiger partial charge is 0.313 e. The Kier molecular flexibility index (Phi) is 7.20. The lowest BCUT2D eigenvalue weighted by atomic mass is 10.1. The number of nitrogens with zero attached hydrogens (tertiary/aromatic N) is 2. The lowest BCUT2D eigenvalue weighted by Gasteiger charge is -2.33. The summed E-state index contributed by atoms with van der Waals surface area (Å²) in [6.07, 6.45) is 5.30. The molecule has 108 valence electrons. The Labute approximate surface area is 114 Å². The fourth-order valence-electron chi connectivity index (χ4n) is 3.08. The van der Waals surface area contributed by atoms with Gasteiger partial charge in [0, 0.05) is 31.2 Å². The number of hydrogen-bond acceptors (Lipinski definition) is 3. The van der Waals surface area contributed by atoms with Crippen LogP contribution in [0, 0.1) is 0 Å². The van der Waals surface area contributed by atoms with E-state index >= 15 is 0 Å². The molecule has 1 saturated heterocycles. The van der Waals surface area contributed by atoms with E-state index in [1.165, 1.54) is 38.8 Å². The van der Waals surface area contributed by atoms with Crippen LogP contribution in [0.15, 0.2) is 0 Å². The number of nitrogens with one attached hydrogen (secondary N) is 1. The number of likely N-dealkylation sites (N-methyl/N-ethyl adjacent to an activating group) is 1. The van der Waals surface area contributed by atoms with Crippen LogP contribution < -0.4 is 5.32 Å². The summed E-state index contributed by atoms with van der Waals surface area (Å²) in [5.74, 6) is 0. The smallest absolute Gasteiger partial charge is 0.0226 e. The Hall–Kier alpha value is -0.120. The van der Waals surface area contributed by atoms with Gasteiger partial charge in [-0.25, -0.2) is 0 Å². The van der Waals surface area contributed by atoms with Crippen LogP contribution in [-0.2, 0) is 0 Å². The SMILES string of the molecule is CCCC(C)NCC(C)N1CCCC1CN(C)C. The van der Waals surface area contributed by atoms with E-state index in [0.717, 1.165) is 12.6 Å². The van der Waals surface area contributed by atoms with Gasteiger partial charge in [-0.2, -0.15) is 0 Å². The zero-order valence-corrected chi connectivity index (χ0v) is 13.1. The molecule has 0 aromatic heterocycles. The third-order valence-electron chi connectivity index (χ3n) is 4.05. The van der Waals surface area contributed by atoms with Crippen molar-refractivity contribution in [1.82, 2.24) is 15.1 Å². The van der Waals surface area contributed by atoms with Crippen molar-refractivity contribution in [1.29, 1.82) is 0 Å². The van der Waals surface area contributed by atoms with E-state index in [1.54, 1.807) is 0 Å². The Bertz CT molecular complexity index is 218. The normalized spacial score (nSPS) is 24.7. The third kappa shape index (κ3) is 5.25. The molecule has 3 nitrogen and oxygen atoms in total. The quantitative estimate of drug-likeness (QED) is 0.717. The zero-order valence-electron chi connectivity index (χ0n) is 13.1. The van der Waals surface area contributed by atoms with Crippen LogP contribution in [0.25, 0.3) is 0 Å². The van der Waals surface area contributed by atoms with Crippen molar-refractivity contribution in [2.45, 2.75) is 64.6 Å². The van der Waals surface area contributed by atoms with Crippen molar-refractivity contribution in [3.63, 3.8) is 0 Å². The van der Waals surface area contributed by atoms with E-state index in [4.69, 9.17) is 0 Å². The van der Waals surface area contributed by atoms with Crippen LogP contribution in [0.5, 0.6) is 0 Å². The highest BCUT2D eigenvalue weighted by Gasteiger charge is 2.28. The molecular formula is C15H33N3. The summed E-state index contributed by atoms with van der Waals surface area (Å²) in [5.41, 5.74) is 0. The van der Waals surface area contributed by atoms with Gasteiger partial charge in [-0.15, -0.1) is 0 Å². The highest BCUT2D eigenvalue weighted by molar-refractivity contribution is 4.85. The summed E-state index contributed by atoms with van der Waals surface area (Å²) in [5, 5.41) is 3.68. The molecule has 1 heterocycles. The molecule has 0 aliphatic carbocycles. The van der Waals surface area contributed by atoms with E-state index in [0.29, 0.717) is 12.1 Å². The summed E-state index contributed by atoms with van der Waals surface area (Å²) in [6.45, 7) is 10.6. The van der Waals surface area contributed by atoms with Crippen molar-refractivity contribution >= 4 is 0 Å². The Morgan fingerprint density at radius 3 is 2.67 bits per heavy atom. The van der Waals surface area contributed by atoms with Gasteiger partial charge in [0.15, 0.2) is 0 Å². The van der Waals surface area contributed by atoms with Crippen LogP contribution in [0.4, 0.5) is 0 Å². The molecule has 1 aliphatic rings. The van der Waals surface area contributed by atoms with Gasteiger partial charge in [0.05, 0.1) is 0 Å². The van der Waals surface area contributed by atoms with E-state index in [9.17, 15) is 0 Å². The maximum absolute atomic E-state index is 3.68. The molecule has 3 unspecified atom stereocenters. The van der Waals surface area contributed by atoms with Gasteiger partial charge < -0.3 is 10.2 Å². The molecule has 1 rings (SSSR count). The van der Waals surface area contributed by atoms with Gasteiger partial charge in [-0.3, -0.25) is 4.90 Å². The molecule has 1 fully saturated rings. The molecule has 0 aromatic rings. The molecule has 3 atom stereocenters. The third-order valence-corrected chi connectivity index (χ3v) is 4.05. The van der Waals surface area contributed by atoms with Crippen LogP contribution >= 0.6 is 0 Å². The van der Waals surface area contributed by atoms with Gasteiger partial charge >= 0.3 is 0 Å². The lowest BCUT2D eigenvalue weighted by Crippen LogP contribution is -2.47. The maximum Gasteiger partial charge on any atom is 0.0226 e. The van der Waals surface area contributed by atoms with Crippen molar-refractivity contribution < 1.29 is 0 Å². The second-order valence-electron chi connectivity index (χ2n) is 6.24. The van der Waals surface area contributed by atoms with E-state index in [-0.39, 0.29) is 0 Å². The van der Waals surface area contributed by atoms with Crippen LogP contribution in [0.3, 0.4) is 0 Å². The first-order valence-electron chi connectivity index (χ1n) is 7.68. The maximum atomic E-state index is 3.68. The first-order chi connectivity index (χ1) is 8.54.